The molecule has 0 heterocycles. The molecule has 2 aromatic rings. The third-order valence-corrected chi connectivity index (χ3v) is 4.18. The molecule has 2 aromatic carbocycles. The number of anilines is 1. The van der Waals surface area contributed by atoms with Crippen molar-refractivity contribution in [3.63, 3.8) is 0 Å². The Morgan fingerprint density at radius 1 is 1.05 bits per heavy atom. The minimum atomic E-state index is -4.09. The summed E-state index contributed by atoms with van der Waals surface area (Å²) < 4.78 is 52.4. The number of amides is 1. The predicted molar refractivity (Wildman–Crippen MR) is 77.0 cm³/mol. The normalized spacial score (nSPS) is 11.0. The van der Waals surface area contributed by atoms with Gasteiger partial charge in [-0.3, -0.25) is 9.52 Å². The van der Waals surface area contributed by atoms with Gasteiger partial charge in [-0.2, -0.15) is 0 Å². The first-order valence-electron chi connectivity index (χ1n) is 6.13. The van der Waals surface area contributed by atoms with Gasteiger partial charge in [0.2, 0.25) is 0 Å². The van der Waals surface area contributed by atoms with Crippen LogP contribution in [0.5, 0.6) is 0 Å². The summed E-state index contributed by atoms with van der Waals surface area (Å²) in [5.41, 5.74) is 0.388. The molecular weight excluding hydrogens is 314 g/mol. The lowest BCUT2D eigenvalue weighted by Gasteiger charge is -2.09. The van der Waals surface area contributed by atoms with Crippen LogP contribution in [-0.2, 0) is 10.0 Å². The van der Waals surface area contributed by atoms with Crippen molar-refractivity contribution in [2.24, 2.45) is 0 Å². The molecule has 0 unspecified atom stereocenters. The number of carbonyl (C=O) groups excluding carboxylic acids is 1. The predicted octanol–water partition coefficient (Wildman–Crippen LogP) is 2.13. The smallest absolute Gasteiger partial charge is 0.261 e. The number of rotatable bonds is 4. The second kappa shape index (κ2) is 6.10. The van der Waals surface area contributed by atoms with Gasteiger partial charge < -0.3 is 5.32 Å². The van der Waals surface area contributed by atoms with Crippen molar-refractivity contribution in [1.29, 1.82) is 0 Å². The van der Waals surface area contributed by atoms with Gasteiger partial charge in [0.1, 0.15) is 0 Å². The van der Waals surface area contributed by atoms with Crippen LogP contribution in [0.15, 0.2) is 47.4 Å². The molecule has 0 saturated heterocycles. The fourth-order valence-corrected chi connectivity index (χ4v) is 2.79. The number of benzene rings is 2. The van der Waals surface area contributed by atoms with Crippen molar-refractivity contribution in [2.75, 3.05) is 11.8 Å². The number of sulfonamides is 1. The zero-order valence-corrected chi connectivity index (χ0v) is 12.2. The van der Waals surface area contributed by atoms with Gasteiger partial charge in [-0.1, -0.05) is 6.07 Å². The first-order chi connectivity index (χ1) is 10.3. The number of nitrogens with one attached hydrogen (secondary N) is 2. The van der Waals surface area contributed by atoms with Gasteiger partial charge in [0.15, 0.2) is 11.6 Å². The molecule has 0 aliphatic carbocycles. The minimum absolute atomic E-state index is 0.130. The van der Waals surface area contributed by atoms with Gasteiger partial charge in [0, 0.05) is 18.3 Å². The van der Waals surface area contributed by atoms with Crippen LogP contribution in [0.4, 0.5) is 14.5 Å². The van der Waals surface area contributed by atoms with E-state index in [2.05, 4.69) is 10.0 Å². The summed E-state index contributed by atoms with van der Waals surface area (Å²) >= 11 is 0. The van der Waals surface area contributed by atoms with E-state index in [9.17, 15) is 22.0 Å². The SMILES string of the molecule is CNC(=O)c1cccc(NS(=O)(=O)c2ccc(F)c(F)c2)c1. The fourth-order valence-electron chi connectivity index (χ4n) is 1.73. The second-order valence-electron chi connectivity index (χ2n) is 4.34. The van der Waals surface area contributed by atoms with Gasteiger partial charge in [-0.05, 0) is 36.4 Å². The molecule has 0 saturated carbocycles. The van der Waals surface area contributed by atoms with Crippen molar-refractivity contribution >= 4 is 21.6 Å². The summed E-state index contributed by atoms with van der Waals surface area (Å²) in [5, 5.41) is 2.41. The lowest BCUT2D eigenvalue weighted by Crippen LogP contribution is -2.18. The van der Waals surface area contributed by atoms with Crippen LogP contribution in [0.3, 0.4) is 0 Å². The monoisotopic (exact) mass is 326 g/mol. The summed E-state index contributed by atoms with van der Waals surface area (Å²) in [7, 11) is -2.65. The molecule has 0 radical (unpaired) electrons. The number of hydrogen-bond donors (Lipinski definition) is 2. The Bertz CT molecular complexity index is 823. The molecule has 2 rings (SSSR count). The molecule has 0 spiro atoms. The molecule has 116 valence electrons. The maximum Gasteiger partial charge on any atom is 0.261 e. The molecule has 0 aliphatic heterocycles. The molecule has 0 bridgehead atoms. The van der Waals surface area contributed by atoms with Crippen LogP contribution in [0.25, 0.3) is 0 Å². The molecule has 8 heteroatoms. The van der Waals surface area contributed by atoms with E-state index in [-0.39, 0.29) is 17.2 Å². The van der Waals surface area contributed by atoms with Crippen molar-refractivity contribution in [3.05, 3.63) is 59.7 Å². The van der Waals surface area contributed by atoms with Gasteiger partial charge >= 0.3 is 0 Å². The van der Waals surface area contributed by atoms with Gasteiger partial charge in [-0.15, -0.1) is 0 Å². The lowest BCUT2D eigenvalue weighted by atomic mass is 10.2. The summed E-state index contributed by atoms with van der Waals surface area (Å²) in [6.45, 7) is 0. The molecule has 0 fully saturated rings. The molecule has 0 aliphatic rings. The van der Waals surface area contributed by atoms with E-state index < -0.39 is 26.6 Å². The average Bonchev–Trinajstić information content (AvgIpc) is 2.49. The van der Waals surface area contributed by atoms with Gasteiger partial charge in [0.25, 0.3) is 15.9 Å². The topological polar surface area (TPSA) is 75.3 Å². The molecule has 0 aromatic heterocycles. The maximum atomic E-state index is 13.1. The lowest BCUT2D eigenvalue weighted by molar-refractivity contribution is 0.0963. The van der Waals surface area contributed by atoms with E-state index in [4.69, 9.17) is 0 Å². The first kappa shape index (κ1) is 15.9. The Morgan fingerprint density at radius 2 is 1.77 bits per heavy atom. The summed E-state index contributed by atoms with van der Waals surface area (Å²) in [6.07, 6.45) is 0. The van der Waals surface area contributed by atoms with Crippen LogP contribution >= 0.6 is 0 Å². The van der Waals surface area contributed by atoms with Crippen molar-refractivity contribution in [1.82, 2.24) is 5.32 Å². The van der Waals surface area contributed by atoms with Crippen LogP contribution in [0.2, 0.25) is 0 Å². The van der Waals surface area contributed by atoms with E-state index >= 15 is 0 Å². The number of carbonyl (C=O) groups is 1. The largest absolute Gasteiger partial charge is 0.355 e. The van der Waals surface area contributed by atoms with E-state index in [0.29, 0.717) is 6.07 Å². The van der Waals surface area contributed by atoms with Gasteiger partial charge in [-0.25, -0.2) is 17.2 Å². The van der Waals surface area contributed by atoms with Crippen LogP contribution in [-0.4, -0.2) is 21.4 Å². The molecule has 2 N–H and O–H groups in total. The Labute approximate surface area is 126 Å². The Morgan fingerprint density at radius 3 is 2.41 bits per heavy atom. The Balaban J connectivity index is 2.32. The highest BCUT2D eigenvalue weighted by Crippen LogP contribution is 2.19. The van der Waals surface area contributed by atoms with Crippen LogP contribution in [0, 0.1) is 11.6 Å². The Kier molecular flexibility index (Phi) is 4.41. The van der Waals surface area contributed by atoms with Gasteiger partial charge in [0.05, 0.1) is 4.90 Å². The highest BCUT2D eigenvalue weighted by Gasteiger charge is 2.17. The van der Waals surface area contributed by atoms with E-state index in [1.165, 1.54) is 31.3 Å². The van der Waals surface area contributed by atoms with E-state index in [1.807, 2.05) is 0 Å². The summed E-state index contributed by atoms with van der Waals surface area (Å²) in [6, 6.07) is 8.02. The zero-order valence-electron chi connectivity index (χ0n) is 11.4. The number of hydrogen-bond acceptors (Lipinski definition) is 3. The van der Waals surface area contributed by atoms with Crippen LogP contribution in [0.1, 0.15) is 10.4 Å². The van der Waals surface area contributed by atoms with Crippen molar-refractivity contribution in [2.45, 2.75) is 4.90 Å². The molecular formula is C14H12F2N2O3S. The standard InChI is InChI=1S/C14H12F2N2O3S/c1-17-14(19)9-3-2-4-10(7-9)18-22(20,21)11-5-6-12(15)13(16)8-11/h2-8,18H,1H3,(H,17,19). The maximum absolute atomic E-state index is 13.1. The summed E-state index contributed by atoms with van der Waals surface area (Å²) in [4.78, 5) is 11.1. The summed E-state index contributed by atoms with van der Waals surface area (Å²) in [5.74, 6) is -2.78. The van der Waals surface area contributed by atoms with Crippen molar-refractivity contribution in [3.8, 4) is 0 Å². The molecule has 1 amide bonds. The molecule has 5 nitrogen and oxygen atoms in total. The highest BCUT2D eigenvalue weighted by molar-refractivity contribution is 7.92. The first-order valence-corrected chi connectivity index (χ1v) is 7.62. The number of halogens is 2. The molecule has 0 atom stereocenters. The molecule has 22 heavy (non-hydrogen) atoms. The highest BCUT2D eigenvalue weighted by atomic mass is 32.2. The van der Waals surface area contributed by atoms with Crippen LogP contribution < -0.4 is 10.0 Å². The van der Waals surface area contributed by atoms with Crippen molar-refractivity contribution < 1.29 is 22.0 Å². The Hall–Kier alpha value is -2.48. The zero-order chi connectivity index (χ0) is 16.3. The third kappa shape index (κ3) is 3.40. The van der Waals surface area contributed by atoms with E-state index in [0.717, 1.165) is 12.1 Å². The van der Waals surface area contributed by atoms with E-state index in [1.54, 1.807) is 0 Å². The minimum Gasteiger partial charge on any atom is -0.355 e. The average molecular weight is 326 g/mol. The third-order valence-electron chi connectivity index (χ3n) is 2.81. The second-order valence-corrected chi connectivity index (χ2v) is 6.02. The quantitative estimate of drug-likeness (QED) is 0.904. The fraction of sp³-hybridized carbons (Fsp3) is 0.0714.